The lowest BCUT2D eigenvalue weighted by atomic mass is 9.90. The number of nitrogens with two attached hydrogens (primary N) is 1. The van der Waals surface area contributed by atoms with Crippen molar-refractivity contribution in [3.8, 4) is 22.8 Å². The monoisotopic (exact) mass is 605 g/mol. The van der Waals surface area contributed by atoms with Gasteiger partial charge >= 0.3 is 0 Å². The van der Waals surface area contributed by atoms with Gasteiger partial charge in [-0.1, -0.05) is 30.3 Å². The van der Waals surface area contributed by atoms with Crippen LogP contribution in [0.25, 0.3) is 22.3 Å². The predicted octanol–water partition coefficient (Wildman–Crippen LogP) is 5.36. The van der Waals surface area contributed by atoms with E-state index in [9.17, 15) is 9.59 Å². The van der Waals surface area contributed by atoms with Crippen molar-refractivity contribution in [2.24, 2.45) is 0 Å². The van der Waals surface area contributed by atoms with Crippen LogP contribution < -0.4 is 15.8 Å². The highest BCUT2D eigenvalue weighted by molar-refractivity contribution is 6.01. The number of fused-ring (bicyclic) bond motifs is 1. The number of rotatable bonds is 7. The predicted molar refractivity (Wildman–Crippen MR) is 167 cm³/mol. The van der Waals surface area contributed by atoms with E-state index in [1.165, 1.54) is 12.4 Å². The van der Waals surface area contributed by atoms with Crippen LogP contribution in [0.3, 0.4) is 0 Å². The van der Waals surface area contributed by atoms with Crippen molar-refractivity contribution in [2.45, 2.75) is 44.2 Å². The number of ether oxygens (including phenoxy) is 1. The SMILES string of the molecule is Nc1ncnc2c1c(-c1ccc(Oc3ccccc3)cc1)nn2C1CCN(Cc2ccc(C3CCC(=O)NC3=O)cc2F)CC1. The second-order valence-corrected chi connectivity index (χ2v) is 11.6. The zero-order valence-electron chi connectivity index (χ0n) is 24.5. The number of imide groups is 1. The van der Waals surface area contributed by atoms with E-state index >= 15 is 4.39 Å². The molecule has 2 saturated heterocycles. The first kappa shape index (κ1) is 28.6. The fourth-order valence-electron chi connectivity index (χ4n) is 6.24. The highest BCUT2D eigenvalue weighted by atomic mass is 19.1. The van der Waals surface area contributed by atoms with Crippen molar-refractivity contribution in [3.63, 3.8) is 0 Å². The van der Waals surface area contributed by atoms with E-state index in [-0.39, 0.29) is 30.1 Å². The van der Waals surface area contributed by atoms with Gasteiger partial charge in [0.2, 0.25) is 11.8 Å². The average Bonchev–Trinajstić information content (AvgIpc) is 3.44. The van der Waals surface area contributed by atoms with E-state index in [4.69, 9.17) is 15.6 Å². The number of likely N-dealkylation sites (tertiary alicyclic amines) is 1. The first-order valence-corrected chi connectivity index (χ1v) is 15.1. The molecule has 0 bridgehead atoms. The van der Waals surface area contributed by atoms with Gasteiger partial charge in [0.25, 0.3) is 0 Å². The molecule has 3 aromatic carbocycles. The van der Waals surface area contributed by atoms with E-state index in [1.807, 2.05) is 59.3 Å². The Morgan fingerprint density at radius 3 is 2.42 bits per heavy atom. The normalized spacial score (nSPS) is 17.8. The third-order valence-electron chi connectivity index (χ3n) is 8.64. The molecule has 7 rings (SSSR count). The van der Waals surface area contributed by atoms with Crippen molar-refractivity contribution >= 4 is 28.7 Å². The Bertz CT molecular complexity index is 1870. The third kappa shape index (κ3) is 5.86. The Hall–Kier alpha value is -5.16. The first-order valence-electron chi connectivity index (χ1n) is 15.1. The van der Waals surface area contributed by atoms with E-state index in [0.717, 1.165) is 48.3 Å². The summed E-state index contributed by atoms with van der Waals surface area (Å²) in [6.07, 6.45) is 3.73. The number of hydrogen-bond acceptors (Lipinski definition) is 8. The van der Waals surface area contributed by atoms with Crippen LogP contribution in [0.1, 0.15) is 48.8 Å². The summed E-state index contributed by atoms with van der Waals surface area (Å²) in [6.45, 7) is 1.97. The summed E-state index contributed by atoms with van der Waals surface area (Å²) in [6, 6.07) is 22.4. The molecule has 2 amide bonds. The number of piperidine rings is 2. The van der Waals surface area contributed by atoms with Crippen molar-refractivity contribution in [3.05, 3.63) is 96.1 Å². The molecule has 2 aliphatic heterocycles. The number of para-hydroxylation sites is 1. The molecule has 3 N–H and O–H groups in total. The number of aromatic nitrogens is 4. The first-order chi connectivity index (χ1) is 21.9. The Kier molecular flexibility index (Phi) is 7.68. The zero-order chi connectivity index (χ0) is 30.9. The molecule has 0 saturated carbocycles. The Morgan fingerprint density at radius 1 is 0.933 bits per heavy atom. The lowest BCUT2D eigenvalue weighted by molar-refractivity contribution is -0.134. The minimum atomic E-state index is -0.505. The van der Waals surface area contributed by atoms with Crippen LogP contribution in [0.4, 0.5) is 10.2 Å². The summed E-state index contributed by atoms with van der Waals surface area (Å²) in [4.78, 5) is 34.7. The Balaban J connectivity index is 1.05. The lowest BCUT2D eigenvalue weighted by Crippen LogP contribution is -2.39. The summed E-state index contributed by atoms with van der Waals surface area (Å²) in [5.74, 6) is 0.359. The Morgan fingerprint density at radius 2 is 1.69 bits per heavy atom. The second kappa shape index (κ2) is 12.1. The molecule has 10 nitrogen and oxygen atoms in total. The van der Waals surface area contributed by atoms with Crippen LogP contribution in [-0.2, 0) is 16.1 Å². The smallest absolute Gasteiger partial charge is 0.234 e. The van der Waals surface area contributed by atoms with Gasteiger partial charge in [-0.3, -0.25) is 19.8 Å². The topological polar surface area (TPSA) is 128 Å². The van der Waals surface area contributed by atoms with Gasteiger partial charge in [-0.05, 0) is 67.3 Å². The maximum Gasteiger partial charge on any atom is 0.234 e. The van der Waals surface area contributed by atoms with Crippen molar-refractivity contribution in [1.82, 2.24) is 30.0 Å². The quantitative estimate of drug-likeness (QED) is 0.237. The molecule has 1 atom stereocenters. The number of anilines is 1. The molecular weight excluding hydrogens is 573 g/mol. The molecule has 228 valence electrons. The molecule has 0 spiro atoms. The zero-order valence-corrected chi connectivity index (χ0v) is 24.5. The van der Waals surface area contributed by atoms with E-state index in [2.05, 4.69) is 20.2 Å². The van der Waals surface area contributed by atoms with Gasteiger partial charge in [0.15, 0.2) is 5.65 Å². The number of carbonyl (C=O) groups excluding carboxylic acids is 2. The number of carbonyl (C=O) groups is 2. The standard InChI is InChI=1S/C34H32FN7O3/c35-28-18-22(27-12-13-29(43)39-34(27)44)6-7-23(28)19-41-16-14-24(15-17-41)42-33-30(32(36)37-20-38-33)31(40-42)21-8-10-26(11-9-21)45-25-4-2-1-3-5-25/h1-11,18,20,24,27H,12-17,19H2,(H2,36,37,38)(H,39,43,44). The van der Waals surface area contributed by atoms with Gasteiger partial charge < -0.3 is 10.5 Å². The molecule has 4 heterocycles. The summed E-state index contributed by atoms with van der Waals surface area (Å²) in [7, 11) is 0. The molecule has 0 radical (unpaired) electrons. The van der Waals surface area contributed by atoms with Crippen LogP contribution >= 0.6 is 0 Å². The van der Waals surface area contributed by atoms with Crippen LogP contribution in [-0.4, -0.2) is 49.6 Å². The molecular formula is C34H32FN7O3. The molecule has 1 unspecified atom stereocenters. The molecule has 2 aliphatic rings. The number of benzene rings is 3. The number of nitrogens with zero attached hydrogens (tertiary/aromatic N) is 5. The lowest BCUT2D eigenvalue weighted by Gasteiger charge is -2.32. The summed E-state index contributed by atoms with van der Waals surface area (Å²) in [5.41, 5.74) is 9.82. The van der Waals surface area contributed by atoms with Gasteiger partial charge in [0.1, 0.15) is 35.2 Å². The number of nitrogens with one attached hydrogen (secondary N) is 1. The number of amides is 2. The van der Waals surface area contributed by atoms with Crippen molar-refractivity contribution in [1.29, 1.82) is 0 Å². The minimum Gasteiger partial charge on any atom is -0.457 e. The number of halogens is 1. The number of nitrogen functional groups attached to an aromatic ring is 1. The summed E-state index contributed by atoms with van der Waals surface area (Å²) >= 11 is 0. The molecule has 45 heavy (non-hydrogen) atoms. The van der Waals surface area contributed by atoms with E-state index < -0.39 is 5.92 Å². The molecule has 0 aliphatic carbocycles. The van der Waals surface area contributed by atoms with Crippen LogP contribution in [0.15, 0.2) is 79.1 Å². The third-order valence-corrected chi connectivity index (χ3v) is 8.64. The maximum atomic E-state index is 15.1. The Labute approximate surface area is 259 Å². The van der Waals surface area contributed by atoms with Crippen molar-refractivity contribution in [2.75, 3.05) is 18.8 Å². The molecule has 11 heteroatoms. The average molecular weight is 606 g/mol. The highest BCUT2D eigenvalue weighted by Gasteiger charge is 2.29. The summed E-state index contributed by atoms with van der Waals surface area (Å²) in [5, 5.41) is 8.07. The van der Waals surface area contributed by atoms with Crippen LogP contribution in [0.2, 0.25) is 0 Å². The molecule has 5 aromatic rings. The fraction of sp³-hybridized carbons (Fsp3) is 0.265. The minimum absolute atomic E-state index is 0.0900. The van der Waals surface area contributed by atoms with Crippen LogP contribution in [0, 0.1) is 5.82 Å². The van der Waals surface area contributed by atoms with Crippen molar-refractivity contribution < 1.29 is 18.7 Å². The summed E-state index contributed by atoms with van der Waals surface area (Å²) < 4.78 is 23.1. The van der Waals surface area contributed by atoms with Gasteiger partial charge in [-0.2, -0.15) is 5.10 Å². The maximum absolute atomic E-state index is 15.1. The molecule has 2 aromatic heterocycles. The largest absolute Gasteiger partial charge is 0.457 e. The molecule has 2 fully saturated rings. The fourth-order valence-corrected chi connectivity index (χ4v) is 6.24. The second-order valence-electron chi connectivity index (χ2n) is 11.6. The van der Waals surface area contributed by atoms with E-state index in [1.54, 1.807) is 12.1 Å². The van der Waals surface area contributed by atoms with Gasteiger partial charge in [-0.25, -0.2) is 19.0 Å². The number of hydrogen-bond donors (Lipinski definition) is 2. The van der Waals surface area contributed by atoms with E-state index in [0.29, 0.717) is 41.3 Å². The highest BCUT2D eigenvalue weighted by Crippen LogP contribution is 2.35. The van der Waals surface area contributed by atoms with Gasteiger partial charge in [-0.15, -0.1) is 0 Å². The van der Waals surface area contributed by atoms with Crippen LogP contribution in [0.5, 0.6) is 11.5 Å². The van der Waals surface area contributed by atoms with Gasteiger partial charge in [0.05, 0.1) is 17.3 Å². The van der Waals surface area contributed by atoms with Gasteiger partial charge in [0, 0.05) is 37.2 Å².